The first kappa shape index (κ1) is 25.4. The molecule has 1 saturated heterocycles. The summed E-state index contributed by atoms with van der Waals surface area (Å²) in [5, 5.41) is 3.22. The van der Waals surface area contributed by atoms with Crippen LogP contribution in [0.25, 0.3) is 0 Å². The third-order valence-corrected chi connectivity index (χ3v) is 6.51. The number of nitrogens with one attached hydrogen (secondary N) is 2. The number of hydrogen-bond donors (Lipinski definition) is 2. The molecule has 0 bridgehead atoms. The van der Waals surface area contributed by atoms with Crippen molar-refractivity contribution in [3.8, 4) is 0 Å². The molecule has 2 rings (SSSR count). The highest BCUT2D eigenvalue weighted by molar-refractivity contribution is 14.0. The van der Waals surface area contributed by atoms with Gasteiger partial charge < -0.3 is 15.0 Å². The molecule has 0 amide bonds. The number of ether oxygens (including phenoxy) is 1. The number of esters is 1. The van der Waals surface area contributed by atoms with Crippen LogP contribution in [0, 0.1) is 11.8 Å². The van der Waals surface area contributed by atoms with E-state index in [4.69, 9.17) is 4.74 Å². The average molecular weight is 530 g/mol. The van der Waals surface area contributed by atoms with E-state index in [2.05, 4.69) is 19.9 Å². The summed E-state index contributed by atoms with van der Waals surface area (Å²) in [5.41, 5.74) is 0. The van der Waals surface area contributed by atoms with Gasteiger partial charge in [-0.1, -0.05) is 6.42 Å². The number of likely N-dealkylation sites (tertiary alicyclic amines) is 1. The molecule has 2 aliphatic rings. The summed E-state index contributed by atoms with van der Waals surface area (Å²) < 4.78 is 32.0. The molecule has 0 radical (unpaired) electrons. The van der Waals surface area contributed by atoms with Crippen molar-refractivity contribution >= 4 is 45.9 Å². The molecule has 1 heterocycles. The van der Waals surface area contributed by atoms with Crippen LogP contribution in [0.3, 0.4) is 0 Å². The monoisotopic (exact) mass is 530 g/mol. The number of halogens is 1. The average Bonchev–Trinajstić information content (AvgIpc) is 2.60. The highest BCUT2D eigenvalue weighted by atomic mass is 127. The van der Waals surface area contributed by atoms with E-state index in [1.165, 1.54) is 6.42 Å². The van der Waals surface area contributed by atoms with Gasteiger partial charge in [0.15, 0.2) is 5.96 Å². The van der Waals surface area contributed by atoms with Crippen molar-refractivity contribution in [2.75, 3.05) is 45.1 Å². The summed E-state index contributed by atoms with van der Waals surface area (Å²) in [5.74, 6) is 1.03. The molecule has 0 aromatic heterocycles. The maximum absolute atomic E-state index is 12.1. The van der Waals surface area contributed by atoms with Gasteiger partial charge in [0.25, 0.3) is 0 Å². The first-order valence-electron chi connectivity index (χ1n) is 10.1. The number of sulfonamides is 1. The van der Waals surface area contributed by atoms with Crippen molar-refractivity contribution in [1.82, 2.24) is 14.9 Å². The molecule has 8 nitrogen and oxygen atoms in total. The normalized spacial score (nSPS) is 18.9. The van der Waals surface area contributed by atoms with Crippen molar-refractivity contribution in [2.24, 2.45) is 16.8 Å². The second-order valence-corrected chi connectivity index (χ2v) is 9.14. The molecule has 1 saturated carbocycles. The SMILES string of the molecule is CCNC(=NCCS(=O)(=O)NCC1CCC1)N1CCC(C(=O)OCC)CC1.I. The number of carbonyl (C=O) groups excluding carboxylic acids is 1. The van der Waals surface area contributed by atoms with E-state index >= 15 is 0 Å². The van der Waals surface area contributed by atoms with Crippen LogP contribution in [-0.2, 0) is 19.6 Å². The van der Waals surface area contributed by atoms with Crippen molar-refractivity contribution in [3.63, 3.8) is 0 Å². The van der Waals surface area contributed by atoms with Crippen molar-refractivity contribution in [1.29, 1.82) is 0 Å². The van der Waals surface area contributed by atoms with Gasteiger partial charge in [0.05, 0.1) is 24.8 Å². The molecule has 1 aliphatic carbocycles. The van der Waals surface area contributed by atoms with Gasteiger partial charge >= 0.3 is 5.97 Å². The van der Waals surface area contributed by atoms with E-state index in [0.29, 0.717) is 44.7 Å². The number of nitrogens with zero attached hydrogens (tertiary/aromatic N) is 2. The largest absolute Gasteiger partial charge is 0.466 e. The molecule has 2 N–H and O–H groups in total. The van der Waals surface area contributed by atoms with E-state index in [9.17, 15) is 13.2 Å². The molecule has 164 valence electrons. The molecule has 0 aromatic rings. The van der Waals surface area contributed by atoms with Crippen molar-refractivity contribution < 1.29 is 17.9 Å². The number of guanidine groups is 1. The lowest BCUT2D eigenvalue weighted by Crippen LogP contribution is -2.47. The molecule has 0 aromatic carbocycles. The Labute approximate surface area is 186 Å². The Morgan fingerprint density at radius 3 is 2.39 bits per heavy atom. The van der Waals surface area contributed by atoms with Gasteiger partial charge in [-0.3, -0.25) is 9.79 Å². The summed E-state index contributed by atoms with van der Waals surface area (Å²) in [6, 6.07) is 0. The van der Waals surface area contributed by atoms with Crippen LogP contribution in [0.5, 0.6) is 0 Å². The fourth-order valence-electron chi connectivity index (χ4n) is 3.30. The van der Waals surface area contributed by atoms with Crippen LogP contribution in [-0.4, -0.2) is 70.3 Å². The van der Waals surface area contributed by atoms with Gasteiger partial charge in [0, 0.05) is 26.2 Å². The zero-order valence-corrected chi connectivity index (χ0v) is 20.1. The Kier molecular flexibility index (Phi) is 11.7. The smallest absolute Gasteiger partial charge is 0.309 e. The minimum absolute atomic E-state index is 0. The zero-order chi connectivity index (χ0) is 19.7. The highest BCUT2D eigenvalue weighted by Gasteiger charge is 2.27. The Morgan fingerprint density at radius 1 is 1.18 bits per heavy atom. The maximum Gasteiger partial charge on any atom is 0.309 e. The van der Waals surface area contributed by atoms with E-state index < -0.39 is 10.0 Å². The Bertz CT molecular complexity index is 603. The molecular formula is C18H35IN4O4S. The molecule has 0 atom stereocenters. The minimum Gasteiger partial charge on any atom is -0.466 e. The quantitative estimate of drug-likeness (QED) is 0.203. The van der Waals surface area contributed by atoms with Gasteiger partial charge in [-0.05, 0) is 45.4 Å². The predicted molar refractivity (Wildman–Crippen MR) is 121 cm³/mol. The van der Waals surface area contributed by atoms with Crippen LogP contribution >= 0.6 is 24.0 Å². The van der Waals surface area contributed by atoms with Gasteiger partial charge in [0.1, 0.15) is 0 Å². The summed E-state index contributed by atoms with van der Waals surface area (Å²) in [6.45, 7) is 7.11. The third kappa shape index (κ3) is 8.40. The number of piperidine rings is 1. The highest BCUT2D eigenvalue weighted by Crippen LogP contribution is 2.25. The van der Waals surface area contributed by atoms with Crippen LogP contribution in [0.4, 0.5) is 0 Å². The van der Waals surface area contributed by atoms with Crippen molar-refractivity contribution in [3.05, 3.63) is 0 Å². The summed E-state index contributed by atoms with van der Waals surface area (Å²) in [6.07, 6.45) is 4.89. The van der Waals surface area contributed by atoms with Gasteiger partial charge in [-0.2, -0.15) is 0 Å². The lowest BCUT2D eigenvalue weighted by atomic mass is 9.86. The molecular weight excluding hydrogens is 495 g/mol. The first-order chi connectivity index (χ1) is 12.9. The Hall–Kier alpha value is -0.620. The molecule has 0 unspecified atom stereocenters. The van der Waals surface area contributed by atoms with Gasteiger partial charge in [-0.25, -0.2) is 13.1 Å². The van der Waals surface area contributed by atoms with Gasteiger partial charge in [-0.15, -0.1) is 24.0 Å². The fraction of sp³-hybridized carbons (Fsp3) is 0.889. The predicted octanol–water partition coefficient (Wildman–Crippen LogP) is 1.56. The van der Waals surface area contributed by atoms with E-state index in [-0.39, 0.29) is 48.2 Å². The molecule has 10 heteroatoms. The van der Waals surface area contributed by atoms with Gasteiger partial charge in [0.2, 0.25) is 10.0 Å². The van der Waals surface area contributed by atoms with Crippen LogP contribution in [0.1, 0.15) is 46.0 Å². The Morgan fingerprint density at radius 2 is 1.86 bits per heavy atom. The lowest BCUT2D eigenvalue weighted by Gasteiger charge is -2.33. The van der Waals surface area contributed by atoms with E-state index in [1.54, 1.807) is 0 Å². The standard InChI is InChI=1S/C18H34N4O4S.HI/c1-3-19-18(22-11-8-16(9-12-22)17(23)26-4-2)20-10-13-27(24,25)21-14-15-6-5-7-15;/h15-16,21H,3-14H2,1-2H3,(H,19,20);1H. The van der Waals surface area contributed by atoms with Crippen LogP contribution < -0.4 is 10.0 Å². The third-order valence-electron chi connectivity index (χ3n) is 5.19. The number of carbonyl (C=O) groups is 1. The lowest BCUT2D eigenvalue weighted by molar-refractivity contribution is -0.149. The maximum atomic E-state index is 12.1. The number of hydrogen-bond acceptors (Lipinski definition) is 5. The number of rotatable bonds is 9. The molecule has 1 aliphatic heterocycles. The van der Waals surface area contributed by atoms with Crippen LogP contribution in [0.15, 0.2) is 4.99 Å². The summed E-state index contributed by atoms with van der Waals surface area (Å²) >= 11 is 0. The molecule has 28 heavy (non-hydrogen) atoms. The summed E-state index contributed by atoms with van der Waals surface area (Å²) in [7, 11) is -3.29. The second kappa shape index (κ2) is 12.8. The van der Waals surface area contributed by atoms with E-state index in [1.807, 2.05) is 13.8 Å². The fourth-order valence-corrected chi connectivity index (χ4v) is 4.26. The molecule has 0 spiro atoms. The number of aliphatic imine (C=N–C) groups is 1. The first-order valence-corrected chi connectivity index (χ1v) is 11.8. The summed E-state index contributed by atoms with van der Waals surface area (Å²) in [4.78, 5) is 18.4. The van der Waals surface area contributed by atoms with E-state index in [0.717, 1.165) is 25.7 Å². The topological polar surface area (TPSA) is 100 Å². The molecule has 2 fully saturated rings. The zero-order valence-electron chi connectivity index (χ0n) is 17.0. The van der Waals surface area contributed by atoms with Crippen molar-refractivity contribution in [2.45, 2.75) is 46.0 Å². The Balaban J connectivity index is 0.00000392. The van der Waals surface area contributed by atoms with Crippen LogP contribution in [0.2, 0.25) is 0 Å². The second-order valence-electron chi connectivity index (χ2n) is 7.21. The minimum atomic E-state index is -3.29.